The molecular weight excluding hydrogens is 360 g/mol. The molecule has 0 aromatic heterocycles. The van der Waals surface area contributed by atoms with Crippen LogP contribution in [0.4, 0.5) is 0 Å². The van der Waals surface area contributed by atoms with Gasteiger partial charge in [0.1, 0.15) is 0 Å². The van der Waals surface area contributed by atoms with E-state index in [-0.39, 0.29) is 12.8 Å². The van der Waals surface area contributed by atoms with Crippen LogP contribution in [0.3, 0.4) is 0 Å². The molecular formula is C22H42O6. The Hall–Kier alpha value is -1.59. The van der Waals surface area contributed by atoms with Crippen molar-refractivity contribution in [3.63, 3.8) is 0 Å². The van der Waals surface area contributed by atoms with E-state index in [0.29, 0.717) is 6.42 Å². The Balaban J connectivity index is 0. The highest BCUT2D eigenvalue weighted by molar-refractivity contribution is 5.75. The van der Waals surface area contributed by atoms with E-state index in [1.165, 1.54) is 83.5 Å². The molecule has 0 amide bonds. The summed E-state index contributed by atoms with van der Waals surface area (Å²) < 4.78 is 0. The van der Waals surface area contributed by atoms with E-state index >= 15 is 0 Å². The number of unbranched alkanes of at least 4 members (excludes halogenated alkanes) is 14. The van der Waals surface area contributed by atoms with Gasteiger partial charge in [-0.15, -0.1) is 0 Å². The smallest absolute Gasteiger partial charge is 0.303 e. The van der Waals surface area contributed by atoms with Gasteiger partial charge in [-0.2, -0.15) is 0 Å². The second-order valence-corrected chi connectivity index (χ2v) is 7.38. The summed E-state index contributed by atoms with van der Waals surface area (Å²) >= 11 is 0. The molecule has 0 aliphatic rings. The van der Waals surface area contributed by atoms with E-state index in [1.54, 1.807) is 0 Å². The highest BCUT2D eigenvalue weighted by atomic mass is 16.4. The summed E-state index contributed by atoms with van der Waals surface area (Å²) in [5.74, 6) is -2.81. The van der Waals surface area contributed by atoms with Crippen LogP contribution >= 0.6 is 0 Å². The van der Waals surface area contributed by atoms with Crippen molar-refractivity contribution in [2.24, 2.45) is 0 Å². The van der Waals surface area contributed by atoms with Gasteiger partial charge >= 0.3 is 17.9 Å². The molecule has 0 atom stereocenters. The Kier molecular flexibility index (Phi) is 24.0. The van der Waals surface area contributed by atoms with Gasteiger partial charge in [-0.1, -0.05) is 96.8 Å². The lowest BCUT2D eigenvalue weighted by Gasteiger charge is -2.03. The Morgan fingerprint density at radius 1 is 0.429 bits per heavy atom. The minimum absolute atomic E-state index is 0.296. The maximum atomic E-state index is 10.3. The fraction of sp³-hybridized carbons (Fsp3) is 0.864. The van der Waals surface area contributed by atoms with Crippen molar-refractivity contribution in [1.82, 2.24) is 0 Å². The van der Waals surface area contributed by atoms with Crippen molar-refractivity contribution < 1.29 is 29.7 Å². The summed E-state index contributed by atoms with van der Waals surface area (Å²) in [5, 5.41) is 24.3. The number of hydrogen-bond donors (Lipinski definition) is 3. The molecule has 0 saturated carbocycles. The van der Waals surface area contributed by atoms with Crippen molar-refractivity contribution in [2.75, 3.05) is 0 Å². The Bertz CT molecular complexity index is 367. The minimum Gasteiger partial charge on any atom is -0.481 e. The number of rotatable bonds is 19. The molecule has 0 aromatic rings. The van der Waals surface area contributed by atoms with Gasteiger partial charge in [0.05, 0.1) is 12.8 Å². The van der Waals surface area contributed by atoms with Gasteiger partial charge in [0, 0.05) is 6.42 Å². The first kappa shape index (κ1) is 28.6. The number of aliphatic carboxylic acids is 3. The van der Waals surface area contributed by atoms with Crippen LogP contribution in [0, 0.1) is 0 Å². The normalized spacial score (nSPS) is 10.2. The van der Waals surface area contributed by atoms with Crippen molar-refractivity contribution >= 4 is 17.9 Å². The molecule has 3 N–H and O–H groups in total. The van der Waals surface area contributed by atoms with E-state index in [0.717, 1.165) is 12.8 Å². The van der Waals surface area contributed by atoms with Gasteiger partial charge in [-0.05, 0) is 6.42 Å². The third-order valence-electron chi connectivity index (χ3n) is 4.55. The first-order valence-corrected chi connectivity index (χ1v) is 11.1. The number of hydrogen-bond acceptors (Lipinski definition) is 3. The fourth-order valence-electron chi connectivity index (χ4n) is 2.86. The molecule has 0 rings (SSSR count). The SMILES string of the molecule is CCCCCCCCCCCCCCCCCC(=O)O.O=C(O)CCC(=O)O. The molecule has 28 heavy (non-hydrogen) atoms. The molecule has 166 valence electrons. The molecule has 6 heteroatoms. The topological polar surface area (TPSA) is 112 Å². The highest BCUT2D eigenvalue weighted by Gasteiger charge is 2.00. The first-order valence-electron chi connectivity index (χ1n) is 11.1. The maximum Gasteiger partial charge on any atom is 0.303 e. The van der Waals surface area contributed by atoms with Crippen LogP contribution in [0.25, 0.3) is 0 Å². The molecule has 0 saturated heterocycles. The fourth-order valence-corrected chi connectivity index (χ4v) is 2.86. The highest BCUT2D eigenvalue weighted by Crippen LogP contribution is 2.13. The Morgan fingerprint density at radius 2 is 0.679 bits per heavy atom. The van der Waals surface area contributed by atoms with E-state index in [1.807, 2.05) is 0 Å². The van der Waals surface area contributed by atoms with E-state index in [2.05, 4.69) is 6.92 Å². The quantitative estimate of drug-likeness (QED) is 0.220. The largest absolute Gasteiger partial charge is 0.481 e. The molecule has 0 fully saturated rings. The van der Waals surface area contributed by atoms with Crippen LogP contribution in [0.15, 0.2) is 0 Å². The summed E-state index contributed by atoms with van der Waals surface area (Å²) in [6.45, 7) is 2.27. The van der Waals surface area contributed by atoms with E-state index in [9.17, 15) is 14.4 Å². The van der Waals surface area contributed by atoms with Gasteiger partial charge in [0.25, 0.3) is 0 Å². The average Bonchev–Trinajstić information content (AvgIpc) is 2.63. The lowest BCUT2D eigenvalue weighted by Crippen LogP contribution is -2.00. The predicted octanol–water partition coefficient (Wildman–Crippen LogP) is 6.27. The summed E-state index contributed by atoms with van der Waals surface area (Å²) in [4.78, 5) is 29.6. The van der Waals surface area contributed by atoms with Gasteiger partial charge < -0.3 is 15.3 Å². The Morgan fingerprint density at radius 3 is 0.929 bits per heavy atom. The average molecular weight is 403 g/mol. The molecule has 6 nitrogen and oxygen atoms in total. The molecule has 0 spiro atoms. The molecule has 0 bridgehead atoms. The van der Waals surface area contributed by atoms with Gasteiger partial charge in [-0.3, -0.25) is 14.4 Å². The summed E-state index contributed by atoms with van der Waals surface area (Å²) in [6.07, 6.45) is 19.6. The van der Waals surface area contributed by atoms with Gasteiger partial charge in [0.15, 0.2) is 0 Å². The summed E-state index contributed by atoms with van der Waals surface area (Å²) in [6, 6.07) is 0. The summed E-state index contributed by atoms with van der Waals surface area (Å²) in [5.41, 5.74) is 0. The monoisotopic (exact) mass is 402 g/mol. The predicted molar refractivity (Wildman–Crippen MR) is 112 cm³/mol. The van der Waals surface area contributed by atoms with Crippen LogP contribution in [-0.2, 0) is 14.4 Å². The van der Waals surface area contributed by atoms with E-state index in [4.69, 9.17) is 15.3 Å². The lowest BCUT2D eigenvalue weighted by molar-refractivity contribution is -0.143. The molecule has 0 aromatic carbocycles. The number of carboxylic acid groups (broad SMARTS) is 3. The van der Waals surface area contributed by atoms with Crippen LogP contribution in [-0.4, -0.2) is 33.2 Å². The molecule has 0 radical (unpaired) electrons. The third-order valence-corrected chi connectivity index (χ3v) is 4.55. The zero-order valence-corrected chi connectivity index (χ0v) is 17.8. The number of carboxylic acids is 3. The molecule has 0 aliphatic carbocycles. The van der Waals surface area contributed by atoms with Gasteiger partial charge in [-0.25, -0.2) is 0 Å². The maximum absolute atomic E-state index is 10.3. The zero-order valence-electron chi connectivity index (χ0n) is 17.8. The Labute approximate surface area is 170 Å². The minimum atomic E-state index is -1.08. The third kappa shape index (κ3) is 32.1. The van der Waals surface area contributed by atoms with Crippen LogP contribution in [0.2, 0.25) is 0 Å². The zero-order chi connectivity index (χ0) is 21.5. The van der Waals surface area contributed by atoms with Crippen molar-refractivity contribution in [2.45, 2.75) is 122 Å². The second-order valence-electron chi connectivity index (χ2n) is 7.38. The molecule has 0 aliphatic heterocycles. The van der Waals surface area contributed by atoms with Crippen LogP contribution in [0.5, 0.6) is 0 Å². The standard InChI is InChI=1S/C18H36O2.C4H6O4/c1-2-3-4-5-6-7-8-9-10-11-12-13-14-15-16-17-18(19)20;5-3(6)1-2-4(7)8/h2-17H2,1H3,(H,19,20);1-2H2,(H,5,6)(H,7,8). The second kappa shape index (κ2) is 23.4. The van der Waals surface area contributed by atoms with Crippen LogP contribution in [0.1, 0.15) is 122 Å². The molecule has 0 heterocycles. The first-order chi connectivity index (χ1) is 13.4. The van der Waals surface area contributed by atoms with Gasteiger partial charge in [0.2, 0.25) is 0 Å². The number of carbonyl (C=O) groups is 3. The van der Waals surface area contributed by atoms with Crippen molar-refractivity contribution in [3.05, 3.63) is 0 Å². The molecule has 0 unspecified atom stereocenters. The van der Waals surface area contributed by atoms with Crippen molar-refractivity contribution in [3.8, 4) is 0 Å². The summed E-state index contributed by atoms with van der Waals surface area (Å²) in [7, 11) is 0. The van der Waals surface area contributed by atoms with E-state index < -0.39 is 17.9 Å². The van der Waals surface area contributed by atoms with Crippen LogP contribution < -0.4 is 0 Å². The lowest BCUT2D eigenvalue weighted by atomic mass is 10.0. The van der Waals surface area contributed by atoms with Crippen molar-refractivity contribution in [1.29, 1.82) is 0 Å².